The minimum Gasteiger partial charge on any atom is -0.457 e. The molecule has 8 heteroatoms. The normalized spacial score (nSPS) is 14.2. The van der Waals surface area contributed by atoms with Crippen LogP contribution in [0.5, 0.6) is 17.2 Å². The number of nitrogens with zero attached hydrogens (tertiary/aromatic N) is 1. The van der Waals surface area contributed by atoms with E-state index >= 15 is 0 Å². The van der Waals surface area contributed by atoms with Crippen molar-refractivity contribution < 1.29 is 32.6 Å². The van der Waals surface area contributed by atoms with Crippen LogP contribution < -0.4 is 9.47 Å². The summed E-state index contributed by atoms with van der Waals surface area (Å²) in [6.45, 7) is 1.21. The maximum atomic E-state index is 14.3. The third-order valence-corrected chi connectivity index (χ3v) is 4.26. The third kappa shape index (κ3) is 4.86. The smallest absolute Gasteiger partial charge is 0.363 e. The van der Waals surface area contributed by atoms with Gasteiger partial charge in [-0.1, -0.05) is 12.1 Å². The minimum absolute atomic E-state index is 0.0452. The van der Waals surface area contributed by atoms with Gasteiger partial charge in [0.15, 0.2) is 5.70 Å². The number of rotatable bonds is 5. The fraction of sp³-hybridized carbons (Fsp3) is 0.0417. The molecule has 0 amide bonds. The van der Waals surface area contributed by atoms with Crippen molar-refractivity contribution in [2.45, 2.75) is 6.92 Å². The van der Waals surface area contributed by atoms with Crippen LogP contribution in [0, 0.1) is 11.6 Å². The van der Waals surface area contributed by atoms with Gasteiger partial charge in [-0.05, 0) is 66.2 Å². The van der Waals surface area contributed by atoms with E-state index < -0.39 is 17.8 Å². The van der Waals surface area contributed by atoms with E-state index in [0.717, 1.165) is 6.07 Å². The van der Waals surface area contributed by atoms with Gasteiger partial charge in [-0.25, -0.2) is 18.6 Å². The first-order chi connectivity index (χ1) is 15.4. The van der Waals surface area contributed by atoms with Crippen LogP contribution in [-0.2, 0) is 14.3 Å². The fourth-order valence-corrected chi connectivity index (χ4v) is 2.89. The summed E-state index contributed by atoms with van der Waals surface area (Å²) in [6.07, 6.45) is 1.46. The Bertz CT molecular complexity index is 1270. The summed E-state index contributed by atoms with van der Waals surface area (Å²) in [7, 11) is 0. The van der Waals surface area contributed by atoms with Crippen LogP contribution in [0.3, 0.4) is 0 Å². The van der Waals surface area contributed by atoms with Gasteiger partial charge in [-0.15, -0.1) is 0 Å². The monoisotopic (exact) mass is 435 g/mol. The highest BCUT2D eigenvalue weighted by molar-refractivity contribution is 6.13. The lowest BCUT2D eigenvalue weighted by Gasteiger charge is -2.06. The fourth-order valence-electron chi connectivity index (χ4n) is 2.89. The number of carbonyl (C=O) groups excluding carboxylic acids is 2. The van der Waals surface area contributed by atoms with Crippen LogP contribution in [0.4, 0.5) is 8.78 Å². The maximum absolute atomic E-state index is 14.3. The number of hydrogen-bond donors (Lipinski definition) is 0. The van der Waals surface area contributed by atoms with Gasteiger partial charge in [-0.3, -0.25) is 4.79 Å². The summed E-state index contributed by atoms with van der Waals surface area (Å²) in [6, 6.07) is 15.9. The molecule has 1 heterocycles. The zero-order valence-electron chi connectivity index (χ0n) is 16.7. The minimum atomic E-state index is -0.762. The molecule has 0 aliphatic carbocycles. The van der Waals surface area contributed by atoms with Crippen molar-refractivity contribution in [3.05, 3.63) is 95.2 Å². The van der Waals surface area contributed by atoms with Gasteiger partial charge in [0, 0.05) is 6.92 Å². The molecule has 0 saturated carbocycles. The number of aliphatic imine (C=N–C) groups is 1. The average Bonchev–Trinajstić information content (AvgIpc) is 3.11. The lowest BCUT2D eigenvalue weighted by molar-refractivity contribution is -0.132. The standard InChI is InChI=1S/C24H15F2NO5/c1-14(28)30-19-9-10-21(26)20(13-19)23-27-22(24(29)32-23)12-15-3-2-4-18(11-15)31-17-7-5-16(25)6-8-17/h2-13H,1H3/b22-12-. The van der Waals surface area contributed by atoms with Crippen LogP contribution in [0.1, 0.15) is 18.1 Å². The van der Waals surface area contributed by atoms with Crippen LogP contribution >= 0.6 is 0 Å². The molecule has 3 aromatic carbocycles. The number of esters is 2. The van der Waals surface area contributed by atoms with E-state index in [2.05, 4.69) is 4.99 Å². The maximum Gasteiger partial charge on any atom is 0.363 e. The van der Waals surface area contributed by atoms with Crippen molar-refractivity contribution in [1.82, 2.24) is 0 Å². The number of hydrogen-bond acceptors (Lipinski definition) is 6. The summed E-state index contributed by atoms with van der Waals surface area (Å²) in [5.74, 6) is -1.65. The quantitative estimate of drug-likeness (QED) is 0.319. The number of carbonyl (C=O) groups is 2. The lowest BCUT2D eigenvalue weighted by atomic mass is 10.2. The molecular formula is C24H15F2NO5. The number of ether oxygens (including phenoxy) is 3. The molecule has 0 saturated heterocycles. The van der Waals surface area contributed by atoms with Crippen molar-refractivity contribution in [2.75, 3.05) is 0 Å². The SMILES string of the molecule is CC(=O)Oc1ccc(F)c(C2=N/C(=C\c3cccc(Oc4ccc(F)cc4)c3)C(=O)O2)c1. The third-order valence-electron chi connectivity index (χ3n) is 4.26. The Morgan fingerprint density at radius 3 is 2.47 bits per heavy atom. The molecule has 4 rings (SSSR count). The topological polar surface area (TPSA) is 74.2 Å². The summed E-state index contributed by atoms with van der Waals surface area (Å²) in [5, 5.41) is 0. The second kappa shape index (κ2) is 8.81. The van der Waals surface area contributed by atoms with Crippen molar-refractivity contribution in [2.24, 2.45) is 4.99 Å². The predicted octanol–water partition coefficient (Wildman–Crippen LogP) is 5.03. The highest BCUT2D eigenvalue weighted by Crippen LogP contribution is 2.26. The van der Waals surface area contributed by atoms with Gasteiger partial charge in [0.25, 0.3) is 0 Å². The zero-order chi connectivity index (χ0) is 22.7. The van der Waals surface area contributed by atoms with Crippen molar-refractivity contribution >= 4 is 23.9 Å². The Kier molecular flexibility index (Phi) is 5.76. The van der Waals surface area contributed by atoms with Crippen LogP contribution in [-0.4, -0.2) is 17.8 Å². The molecule has 1 aliphatic heterocycles. The second-order valence-corrected chi connectivity index (χ2v) is 6.70. The Morgan fingerprint density at radius 2 is 1.72 bits per heavy atom. The molecule has 0 unspecified atom stereocenters. The summed E-state index contributed by atoms with van der Waals surface area (Å²) >= 11 is 0. The first-order valence-electron chi connectivity index (χ1n) is 9.42. The van der Waals surface area contributed by atoms with Gasteiger partial charge in [-0.2, -0.15) is 0 Å². The molecule has 0 bridgehead atoms. The van der Waals surface area contributed by atoms with Gasteiger partial charge < -0.3 is 14.2 Å². The van der Waals surface area contributed by atoms with E-state index in [1.807, 2.05) is 0 Å². The molecule has 0 radical (unpaired) electrons. The first kappa shape index (κ1) is 20.9. The summed E-state index contributed by atoms with van der Waals surface area (Å²) in [4.78, 5) is 27.5. The van der Waals surface area contributed by atoms with Crippen molar-refractivity contribution in [3.8, 4) is 17.2 Å². The van der Waals surface area contributed by atoms with E-state index in [-0.39, 0.29) is 28.7 Å². The van der Waals surface area contributed by atoms with E-state index in [9.17, 15) is 18.4 Å². The van der Waals surface area contributed by atoms with Gasteiger partial charge in [0.2, 0.25) is 5.90 Å². The van der Waals surface area contributed by atoms with E-state index in [4.69, 9.17) is 14.2 Å². The molecule has 0 fully saturated rings. The average molecular weight is 435 g/mol. The zero-order valence-corrected chi connectivity index (χ0v) is 16.7. The molecule has 3 aromatic rings. The molecule has 0 atom stereocenters. The van der Waals surface area contributed by atoms with Gasteiger partial charge >= 0.3 is 11.9 Å². The number of benzene rings is 3. The Hall–Kier alpha value is -4.33. The van der Waals surface area contributed by atoms with E-state index in [1.54, 1.807) is 24.3 Å². The van der Waals surface area contributed by atoms with Gasteiger partial charge in [0.1, 0.15) is 28.9 Å². The molecule has 160 valence electrons. The molecule has 0 aromatic heterocycles. The molecule has 32 heavy (non-hydrogen) atoms. The predicted molar refractivity (Wildman–Crippen MR) is 111 cm³/mol. The highest BCUT2D eigenvalue weighted by atomic mass is 19.1. The molecule has 6 nitrogen and oxygen atoms in total. The first-order valence-corrected chi connectivity index (χ1v) is 9.42. The summed E-state index contributed by atoms with van der Waals surface area (Å²) in [5.41, 5.74) is 0.417. The van der Waals surface area contributed by atoms with Gasteiger partial charge in [0.05, 0.1) is 5.56 Å². The largest absolute Gasteiger partial charge is 0.457 e. The number of halogens is 2. The highest BCUT2D eigenvalue weighted by Gasteiger charge is 2.26. The second-order valence-electron chi connectivity index (χ2n) is 6.70. The Labute approximate surface area is 181 Å². The Balaban J connectivity index is 1.59. The van der Waals surface area contributed by atoms with Crippen LogP contribution in [0.2, 0.25) is 0 Å². The van der Waals surface area contributed by atoms with Crippen LogP contribution in [0.15, 0.2) is 77.4 Å². The molecule has 1 aliphatic rings. The van der Waals surface area contributed by atoms with Crippen molar-refractivity contribution in [3.63, 3.8) is 0 Å². The molecular weight excluding hydrogens is 420 g/mol. The van der Waals surface area contributed by atoms with E-state index in [0.29, 0.717) is 17.1 Å². The lowest BCUT2D eigenvalue weighted by Crippen LogP contribution is -2.09. The molecule has 0 spiro atoms. The summed E-state index contributed by atoms with van der Waals surface area (Å²) < 4.78 is 43.0. The van der Waals surface area contributed by atoms with Crippen molar-refractivity contribution in [1.29, 1.82) is 0 Å². The van der Waals surface area contributed by atoms with E-state index in [1.165, 1.54) is 49.4 Å². The molecule has 0 N–H and O–H groups in total. The van der Waals surface area contributed by atoms with Crippen LogP contribution in [0.25, 0.3) is 6.08 Å². The Morgan fingerprint density at radius 1 is 0.969 bits per heavy atom. The number of cyclic esters (lactones) is 1.